The fraction of sp³-hybridized carbons (Fsp3) is 0.294. The zero-order chi connectivity index (χ0) is 14.1. The topological polar surface area (TPSA) is 21.3 Å². The number of rotatable bonds is 3. The van der Waals surface area contributed by atoms with Crippen molar-refractivity contribution >= 4 is 0 Å². The first kappa shape index (κ1) is 13.1. The number of halogens is 1. The Labute approximate surface area is 118 Å². The van der Waals surface area contributed by atoms with Crippen LogP contribution in [-0.4, -0.2) is 14.2 Å². The Morgan fingerprint density at radius 3 is 2.60 bits per heavy atom. The standard InChI is InChI=1S/C17H18FNO/c1-19-16-7-4-13-9-11(3-6-14(13)16)12-5-8-17(20-2)15(18)10-12/h3,5-6,8-10,16,19H,4,7H2,1-2H3. The van der Waals surface area contributed by atoms with Crippen LogP contribution in [0, 0.1) is 5.82 Å². The highest BCUT2D eigenvalue weighted by Crippen LogP contribution is 2.34. The lowest BCUT2D eigenvalue weighted by molar-refractivity contribution is 0.386. The van der Waals surface area contributed by atoms with Crippen molar-refractivity contribution in [2.75, 3.05) is 14.2 Å². The van der Waals surface area contributed by atoms with Crippen molar-refractivity contribution < 1.29 is 9.13 Å². The van der Waals surface area contributed by atoms with Crippen LogP contribution in [0.25, 0.3) is 11.1 Å². The van der Waals surface area contributed by atoms with Crippen LogP contribution in [0.5, 0.6) is 5.75 Å². The Morgan fingerprint density at radius 2 is 1.90 bits per heavy atom. The van der Waals surface area contributed by atoms with Gasteiger partial charge in [0.05, 0.1) is 7.11 Å². The second kappa shape index (κ2) is 5.25. The number of benzene rings is 2. The summed E-state index contributed by atoms with van der Waals surface area (Å²) in [7, 11) is 3.47. The summed E-state index contributed by atoms with van der Waals surface area (Å²) in [5, 5.41) is 3.33. The van der Waals surface area contributed by atoms with Crippen LogP contribution in [0.3, 0.4) is 0 Å². The summed E-state index contributed by atoms with van der Waals surface area (Å²) in [5.41, 5.74) is 4.67. The highest BCUT2D eigenvalue weighted by molar-refractivity contribution is 5.66. The molecule has 0 fully saturated rings. The van der Waals surface area contributed by atoms with Crippen molar-refractivity contribution in [3.63, 3.8) is 0 Å². The number of fused-ring (bicyclic) bond motifs is 1. The minimum atomic E-state index is -0.321. The van der Waals surface area contributed by atoms with E-state index in [-0.39, 0.29) is 11.6 Å². The third-order valence-electron chi connectivity index (χ3n) is 4.05. The van der Waals surface area contributed by atoms with Crippen molar-refractivity contribution in [2.24, 2.45) is 0 Å². The first-order valence-corrected chi connectivity index (χ1v) is 6.87. The van der Waals surface area contributed by atoms with Gasteiger partial charge in [0.1, 0.15) is 0 Å². The van der Waals surface area contributed by atoms with Crippen LogP contribution in [-0.2, 0) is 6.42 Å². The average Bonchev–Trinajstić information content (AvgIpc) is 2.89. The maximum Gasteiger partial charge on any atom is 0.165 e. The SMILES string of the molecule is CNC1CCc2cc(-c3ccc(OC)c(F)c3)ccc21. The predicted molar refractivity (Wildman–Crippen MR) is 78.5 cm³/mol. The Morgan fingerprint density at radius 1 is 1.15 bits per heavy atom. The van der Waals surface area contributed by atoms with Crippen molar-refractivity contribution in [3.8, 4) is 16.9 Å². The molecule has 3 heteroatoms. The van der Waals surface area contributed by atoms with Crippen LogP contribution >= 0.6 is 0 Å². The Hall–Kier alpha value is -1.87. The van der Waals surface area contributed by atoms with Crippen molar-refractivity contribution in [1.29, 1.82) is 0 Å². The van der Waals surface area contributed by atoms with Crippen LogP contribution in [0.1, 0.15) is 23.6 Å². The normalized spacial score (nSPS) is 17.1. The van der Waals surface area contributed by atoms with E-state index in [2.05, 4.69) is 23.5 Å². The predicted octanol–water partition coefficient (Wildman–Crippen LogP) is 3.71. The molecule has 0 amide bonds. The van der Waals surface area contributed by atoms with Gasteiger partial charge in [0.15, 0.2) is 11.6 Å². The summed E-state index contributed by atoms with van der Waals surface area (Å²) >= 11 is 0. The number of aryl methyl sites for hydroxylation is 1. The molecular weight excluding hydrogens is 253 g/mol. The van der Waals surface area contributed by atoms with Crippen molar-refractivity contribution in [2.45, 2.75) is 18.9 Å². The van der Waals surface area contributed by atoms with Crippen LogP contribution in [0.2, 0.25) is 0 Å². The monoisotopic (exact) mass is 271 g/mol. The van der Waals surface area contributed by atoms with Crippen LogP contribution in [0.15, 0.2) is 36.4 Å². The third kappa shape index (κ3) is 2.18. The molecule has 0 saturated carbocycles. The van der Waals surface area contributed by atoms with Crippen molar-refractivity contribution in [1.82, 2.24) is 5.32 Å². The Kier molecular flexibility index (Phi) is 3.45. The molecule has 0 radical (unpaired) electrons. The highest BCUT2D eigenvalue weighted by Gasteiger charge is 2.21. The maximum absolute atomic E-state index is 13.8. The molecule has 2 nitrogen and oxygen atoms in total. The minimum absolute atomic E-state index is 0.283. The molecule has 0 aromatic heterocycles. The van der Waals surface area contributed by atoms with Gasteiger partial charge in [0.25, 0.3) is 0 Å². The van der Waals surface area contributed by atoms with E-state index in [1.807, 2.05) is 13.1 Å². The van der Waals surface area contributed by atoms with E-state index in [1.165, 1.54) is 24.3 Å². The summed E-state index contributed by atoms with van der Waals surface area (Å²) in [6, 6.07) is 11.9. The van der Waals surface area contributed by atoms with E-state index in [0.717, 1.165) is 24.0 Å². The molecule has 0 saturated heterocycles. The highest BCUT2D eigenvalue weighted by atomic mass is 19.1. The summed E-state index contributed by atoms with van der Waals surface area (Å²) in [5.74, 6) is -0.0382. The smallest absolute Gasteiger partial charge is 0.165 e. The van der Waals surface area contributed by atoms with Gasteiger partial charge in [-0.3, -0.25) is 0 Å². The molecule has 1 aliphatic rings. The lowest BCUT2D eigenvalue weighted by Crippen LogP contribution is -2.12. The second-order valence-corrected chi connectivity index (χ2v) is 5.14. The zero-order valence-electron chi connectivity index (χ0n) is 11.7. The number of hydrogen-bond acceptors (Lipinski definition) is 2. The van der Waals surface area contributed by atoms with E-state index >= 15 is 0 Å². The Bertz CT molecular complexity index is 639. The molecule has 1 N–H and O–H groups in total. The van der Waals surface area contributed by atoms with Gasteiger partial charge < -0.3 is 10.1 Å². The van der Waals surface area contributed by atoms with E-state index in [0.29, 0.717) is 6.04 Å². The van der Waals surface area contributed by atoms with Crippen molar-refractivity contribution in [3.05, 3.63) is 53.3 Å². The minimum Gasteiger partial charge on any atom is -0.494 e. The third-order valence-corrected chi connectivity index (χ3v) is 4.05. The summed E-state index contributed by atoms with van der Waals surface area (Å²) in [6.07, 6.45) is 2.21. The molecule has 3 rings (SSSR count). The van der Waals surface area contributed by atoms with E-state index in [4.69, 9.17) is 4.74 Å². The first-order valence-electron chi connectivity index (χ1n) is 6.87. The van der Waals surface area contributed by atoms with Gasteiger partial charge in [0, 0.05) is 6.04 Å². The molecular formula is C17H18FNO. The quantitative estimate of drug-likeness (QED) is 0.919. The van der Waals surface area contributed by atoms with Gasteiger partial charge in [-0.1, -0.05) is 24.3 Å². The van der Waals surface area contributed by atoms with Gasteiger partial charge in [-0.15, -0.1) is 0 Å². The number of ether oxygens (including phenoxy) is 1. The molecule has 0 spiro atoms. The number of hydrogen-bond donors (Lipinski definition) is 1. The maximum atomic E-state index is 13.8. The summed E-state index contributed by atoms with van der Waals surface area (Å²) in [4.78, 5) is 0. The van der Waals surface area contributed by atoms with Gasteiger partial charge in [-0.2, -0.15) is 0 Å². The molecule has 2 aromatic carbocycles. The lowest BCUT2D eigenvalue weighted by Gasteiger charge is -2.11. The molecule has 0 bridgehead atoms. The molecule has 2 aromatic rings. The van der Waals surface area contributed by atoms with Gasteiger partial charge in [-0.05, 0) is 54.3 Å². The van der Waals surface area contributed by atoms with E-state index in [1.54, 1.807) is 6.07 Å². The van der Waals surface area contributed by atoms with Gasteiger partial charge in [-0.25, -0.2) is 4.39 Å². The second-order valence-electron chi connectivity index (χ2n) is 5.14. The average molecular weight is 271 g/mol. The number of methoxy groups -OCH3 is 1. The van der Waals surface area contributed by atoms with E-state index in [9.17, 15) is 4.39 Å². The van der Waals surface area contributed by atoms with Gasteiger partial charge >= 0.3 is 0 Å². The zero-order valence-corrected chi connectivity index (χ0v) is 11.7. The van der Waals surface area contributed by atoms with Gasteiger partial charge in [0.2, 0.25) is 0 Å². The molecule has 1 atom stereocenters. The largest absolute Gasteiger partial charge is 0.494 e. The molecule has 1 aliphatic carbocycles. The first-order chi connectivity index (χ1) is 9.72. The Balaban J connectivity index is 1.98. The summed E-state index contributed by atoms with van der Waals surface area (Å²) < 4.78 is 18.7. The van der Waals surface area contributed by atoms with E-state index < -0.39 is 0 Å². The molecule has 0 heterocycles. The number of nitrogens with one attached hydrogen (secondary N) is 1. The molecule has 1 unspecified atom stereocenters. The fourth-order valence-electron chi connectivity index (χ4n) is 2.94. The fourth-order valence-corrected chi connectivity index (χ4v) is 2.94. The summed E-state index contributed by atoms with van der Waals surface area (Å²) in [6.45, 7) is 0. The lowest BCUT2D eigenvalue weighted by atomic mass is 9.99. The van der Waals surface area contributed by atoms with Crippen LogP contribution < -0.4 is 10.1 Å². The van der Waals surface area contributed by atoms with Crippen LogP contribution in [0.4, 0.5) is 4.39 Å². The molecule has 104 valence electrons. The molecule has 0 aliphatic heterocycles. The molecule has 20 heavy (non-hydrogen) atoms.